The molecule has 23 heavy (non-hydrogen) atoms. The minimum Gasteiger partial charge on any atom is -0.383 e. The molecule has 0 saturated carbocycles. The highest BCUT2D eigenvalue weighted by molar-refractivity contribution is 7.12. The Morgan fingerprint density at radius 1 is 1.26 bits per heavy atom. The molecule has 3 rings (SSSR count). The number of rotatable bonds is 5. The number of nitrogens with two attached hydrogens (primary N) is 1. The van der Waals surface area contributed by atoms with E-state index in [1.165, 1.54) is 16.6 Å². The van der Waals surface area contributed by atoms with E-state index >= 15 is 0 Å². The van der Waals surface area contributed by atoms with Gasteiger partial charge in [-0.25, -0.2) is 4.99 Å². The molecule has 2 N–H and O–H groups in total. The second-order valence-corrected chi connectivity index (χ2v) is 6.91. The number of fused-ring (bicyclic) bond motifs is 1. The Morgan fingerprint density at radius 3 is 2.78 bits per heavy atom. The molecule has 0 unspecified atom stereocenters. The minimum atomic E-state index is 0.572. The van der Waals surface area contributed by atoms with Gasteiger partial charge in [-0.1, -0.05) is 6.07 Å². The summed E-state index contributed by atoms with van der Waals surface area (Å²) >= 11 is 1.61. The predicted octanol–water partition coefficient (Wildman–Crippen LogP) is 3.61. The van der Waals surface area contributed by atoms with Gasteiger partial charge in [-0.2, -0.15) is 0 Å². The van der Waals surface area contributed by atoms with E-state index in [9.17, 15) is 0 Å². The number of aromatic nitrogens is 1. The van der Waals surface area contributed by atoms with E-state index in [4.69, 9.17) is 5.73 Å². The van der Waals surface area contributed by atoms with Crippen molar-refractivity contribution in [2.75, 3.05) is 20.6 Å². The van der Waals surface area contributed by atoms with Crippen LogP contribution in [0.25, 0.3) is 10.9 Å². The van der Waals surface area contributed by atoms with Crippen molar-refractivity contribution < 1.29 is 0 Å². The van der Waals surface area contributed by atoms with E-state index in [2.05, 4.69) is 53.7 Å². The fourth-order valence-electron chi connectivity index (χ4n) is 2.68. The van der Waals surface area contributed by atoms with Crippen molar-refractivity contribution in [3.8, 4) is 0 Å². The van der Waals surface area contributed by atoms with Gasteiger partial charge >= 0.3 is 0 Å². The van der Waals surface area contributed by atoms with E-state index in [-0.39, 0.29) is 0 Å². The SMILES string of the molecule is Cc1cc2cc(N=C(N)c3cccs3)ccc2n1CCN(C)C. The first-order valence-electron chi connectivity index (χ1n) is 7.67. The number of aryl methyl sites for hydroxylation is 1. The average Bonchev–Trinajstić information content (AvgIpc) is 3.12. The van der Waals surface area contributed by atoms with Crippen LogP contribution in [0.3, 0.4) is 0 Å². The molecular formula is C18H22N4S. The van der Waals surface area contributed by atoms with Crippen molar-refractivity contribution in [1.29, 1.82) is 0 Å². The Balaban J connectivity index is 1.92. The van der Waals surface area contributed by atoms with Crippen LogP contribution in [0, 0.1) is 6.92 Å². The molecule has 0 atom stereocenters. The van der Waals surface area contributed by atoms with Gasteiger partial charge in [0.2, 0.25) is 0 Å². The zero-order valence-corrected chi connectivity index (χ0v) is 14.6. The van der Waals surface area contributed by atoms with Crippen LogP contribution < -0.4 is 5.73 Å². The summed E-state index contributed by atoms with van der Waals surface area (Å²) in [5, 5.41) is 3.22. The number of benzene rings is 1. The molecule has 5 heteroatoms. The molecule has 4 nitrogen and oxygen atoms in total. The van der Waals surface area contributed by atoms with Gasteiger partial charge in [-0.05, 0) is 56.7 Å². The third-order valence-electron chi connectivity index (χ3n) is 3.89. The third kappa shape index (κ3) is 3.46. The largest absolute Gasteiger partial charge is 0.383 e. The minimum absolute atomic E-state index is 0.572. The molecular weight excluding hydrogens is 304 g/mol. The average molecular weight is 326 g/mol. The van der Waals surface area contributed by atoms with Crippen LogP contribution in [0.4, 0.5) is 5.69 Å². The van der Waals surface area contributed by atoms with Gasteiger partial charge in [0, 0.05) is 29.7 Å². The summed E-state index contributed by atoms with van der Waals surface area (Å²) in [6.07, 6.45) is 0. The van der Waals surface area contributed by atoms with Crippen LogP contribution in [0.1, 0.15) is 10.6 Å². The van der Waals surface area contributed by atoms with Crippen LogP contribution in [0.15, 0.2) is 46.8 Å². The zero-order valence-electron chi connectivity index (χ0n) is 13.8. The van der Waals surface area contributed by atoms with Crippen molar-refractivity contribution in [3.63, 3.8) is 0 Å². The summed E-state index contributed by atoms with van der Waals surface area (Å²) in [5.41, 5.74) is 9.50. The molecule has 0 aliphatic heterocycles. The first-order valence-corrected chi connectivity index (χ1v) is 8.55. The first kappa shape index (κ1) is 15.8. The second-order valence-electron chi connectivity index (χ2n) is 5.96. The Bertz CT molecular complexity index is 828. The standard InChI is InChI=1S/C18H22N4S/c1-13-11-14-12-15(20-18(19)17-5-4-10-23-17)6-7-16(14)22(13)9-8-21(2)3/h4-7,10-12H,8-9H2,1-3H3,(H2,19,20). The maximum absolute atomic E-state index is 6.08. The van der Waals surface area contributed by atoms with E-state index in [0.29, 0.717) is 5.84 Å². The lowest BCUT2D eigenvalue weighted by Gasteiger charge is -2.13. The topological polar surface area (TPSA) is 46.5 Å². The van der Waals surface area contributed by atoms with Gasteiger partial charge in [0.05, 0.1) is 10.6 Å². The number of hydrogen-bond donors (Lipinski definition) is 1. The predicted molar refractivity (Wildman–Crippen MR) is 99.9 cm³/mol. The van der Waals surface area contributed by atoms with Gasteiger partial charge in [0.15, 0.2) is 0 Å². The fraction of sp³-hybridized carbons (Fsp3) is 0.278. The summed E-state index contributed by atoms with van der Waals surface area (Å²) in [5.74, 6) is 0.572. The molecule has 0 aliphatic carbocycles. The maximum Gasteiger partial charge on any atom is 0.141 e. The molecule has 0 spiro atoms. The number of nitrogens with zero attached hydrogens (tertiary/aromatic N) is 3. The molecule has 120 valence electrons. The van der Waals surface area contributed by atoms with E-state index in [1.54, 1.807) is 11.3 Å². The highest BCUT2D eigenvalue weighted by Gasteiger charge is 2.07. The van der Waals surface area contributed by atoms with Gasteiger partial charge in [-0.15, -0.1) is 11.3 Å². The van der Waals surface area contributed by atoms with E-state index in [1.807, 2.05) is 23.6 Å². The zero-order chi connectivity index (χ0) is 16.4. The molecule has 1 aromatic carbocycles. The Hall–Kier alpha value is -2.11. The number of hydrogen-bond acceptors (Lipinski definition) is 3. The monoisotopic (exact) mass is 326 g/mol. The number of aliphatic imine (C=N–C) groups is 1. The number of thiophene rings is 1. The summed E-state index contributed by atoms with van der Waals surface area (Å²) in [4.78, 5) is 7.76. The van der Waals surface area contributed by atoms with Crippen LogP contribution in [-0.4, -0.2) is 35.9 Å². The van der Waals surface area contributed by atoms with Crippen molar-refractivity contribution >= 4 is 33.8 Å². The van der Waals surface area contributed by atoms with Gasteiger partial charge < -0.3 is 15.2 Å². The smallest absolute Gasteiger partial charge is 0.141 e. The second kappa shape index (κ2) is 6.56. The molecule has 0 radical (unpaired) electrons. The van der Waals surface area contributed by atoms with Crippen molar-refractivity contribution in [1.82, 2.24) is 9.47 Å². The first-order chi connectivity index (χ1) is 11.0. The van der Waals surface area contributed by atoms with E-state index in [0.717, 1.165) is 23.7 Å². The van der Waals surface area contributed by atoms with Gasteiger partial charge in [0.25, 0.3) is 0 Å². The molecule has 0 bridgehead atoms. The Labute approximate surface area is 140 Å². The van der Waals surface area contributed by atoms with Crippen molar-refractivity contribution in [3.05, 3.63) is 52.3 Å². The van der Waals surface area contributed by atoms with Crippen LogP contribution in [-0.2, 0) is 6.54 Å². The van der Waals surface area contributed by atoms with Crippen molar-refractivity contribution in [2.45, 2.75) is 13.5 Å². The molecule has 2 aromatic heterocycles. The lowest BCUT2D eigenvalue weighted by molar-refractivity contribution is 0.385. The normalized spacial score (nSPS) is 12.4. The quantitative estimate of drug-likeness (QED) is 0.575. The lowest BCUT2D eigenvalue weighted by Crippen LogP contribution is -2.18. The van der Waals surface area contributed by atoms with Gasteiger partial charge in [-0.3, -0.25) is 0 Å². The Morgan fingerprint density at radius 2 is 2.09 bits per heavy atom. The molecule has 2 heterocycles. The molecule has 0 saturated heterocycles. The fourth-order valence-corrected chi connectivity index (χ4v) is 3.31. The highest BCUT2D eigenvalue weighted by atomic mass is 32.1. The molecule has 3 aromatic rings. The maximum atomic E-state index is 6.08. The lowest BCUT2D eigenvalue weighted by atomic mass is 10.2. The third-order valence-corrected chi connectivity index (χ3v) is 4.78. The number of amidine groups is 1. The van der Waals surface area contributed by atoms with Crippen LogP contribution >= 0.6 is 11.3 Å². The Kier molecular flexibility index (Phi) is 4.50. The summed E-state index contributed by atoms with van der Waals surface area (Å²) in [7, 11) is 4.20. The van der Waals surface area contributed by atoms with Crippen LogP contribution in [0.5, 0.6) is 0 Å². The highest BCUT2D eigenvalue weighted by Crippen LogP contribution is 2.25. The van der Waals surface area contributed by atoms with Crippen LogP contribution in [0.2, 0.25) is 0 Å². The summed E-state index contributed by atoms with van der Waals surface area (Å²) in [6.45, 7) is 4.16. The molecule has 0 amide bonds. The van der Waals surface area contributed by atoms with E-state index < -0.39 is 0 Å². The van der Waals surface area contributed by atoms with Crippen molar-refractivity contribution in [2.24, 2.45) is 10.7 Å². The van der Waals surface area contributed by atoms with Gasteiger partial charge in [0.1, 0.15) is 5.84 Å². The molecule has 0 aliphatic rings. The summed E-state index contributed by atoms with van der Waals surface area (Å²) in [6, 6.07) is 12.5. The number of likely N-dealkylation sites (N-methyl/N-ethyl adjacent to an activating group) is 1. The summed E-state index contributed by atoms with van der Waals surface area (Å²) < 4.78 is 2.35. The molecule has 0 fully saturated rings.